The van der Waals surface area contributed by atoms with E-state index in [1.165, 1.54) is 14.0 Å². The van der Waals surface area contributed by atoms with Crippen LogP contribution in [-0.2, 0) is 21.9 Å². The van der Waals surface area contributed by atoms with Crippen molar-refractivity contribution in [1.29, 1.82) is 0 Å². The lowest BCUT2D eigenvalue weighted by molar-refractivity contribution is -0.143. The Bertz CT molecular complexity index is 641. The normalized spacial score (nSPS) is 16.7. The predicted molar refractivity (Wildman–Crippen MR) is 88.6 cm³/mol. The Morgan fingerprint density at radius 1 is 1.15 bits per heavy atom. The van der Waals surface area contributed by atoms with E-state index in [0.29, 0.717) is 18.4 Å². The molecule has 0 aliphatic rings. The first-order valence-corrected chi connectivity index (χ1v) is 9.35. The number of hydrogen-bond acceptors (Lipinski definition) is 3. The first-order chi connectivity index (χ1) is 11.8. The van der Waals surface area contributed by atoms with E-state index in [2.05, 4.69) is 11.6 Å². The van der Waals surface area contributed by atoms with Gasteiger partial charge in [-0.1, -0.05) is 0 Å². The van der Waals surface area contributed by atoms with Crippen LogP contribution in [0.25, 0.3) is 0 Å². The number of nitrogens with one attached hydrogen (secondary N) is 1. The Kier molecular flexibility index (Phi) is 7.01. The summed E-state index contributed by atoms with van der Waals surface area (Å²) in [5, 5.41) is 1.62. The lowest BCUT2D eigenvalue weighted by Crippen LogP contribution is -2.45. The molecule has 0 amide bonds. The average molecular weight is 402 g/mol. The highest BCUT2D eigenvalue weighted by Gasteiger charge is 2.40. The van der Waals surface area contributed by atoms with Gasteiger partial charge in [0, 0.05) is 0 Å². The van der Waals surface area contributed by atoms with Gasteiger partial charge in [-0.3, -0.25) is 10.1 Å². The maximum Gasteiger partial charge on any atom is 0.416 e. The Hall–Kier alpha value is -1.44. The number of ether oxygens (including phenoxy) is 1. The maximum atomic E-state index is 12.9. The van der Waals surface area contributed by atoms with E-state index in [0.717, 1.165) is 0 Å². The van der Waals surface area contributed by atoms with Gasteiger partial charge in [0.2, 0.25) is 0 Å². The zero-order valence-electron chi connectivity index (χ0n) is 14.3. The lowest BCUT2D eigenvalue weighted by Gasteiger charge is -2.23. The SMILES string of the molecule is C=[P+](C)C(C=O)(COC(C)c1cc(C(F)(F)F)cc(C(F)(F)F)c1)NC. The maximum absolute atomic E-state index is 12.9. The molecule has 0 saturated heterocycles. The second-order valence-corrected chi connectivity index (χ2v) is 7.98. The molecule has 0 bridgehead atoms. The number of hydrogen-bond donors (Lipinski definition) is 1. The topological polar surface area (TPSA) is 38.3 Å². The van der Waals surface area contributed by atoms with Crippen molar-refractivity contribution in [3.8, 4) is 0 Å². The second kappa shape index (κ2) is 8.06. The third-order valence-corrected chi connectivity index (χ3v) is 5.76. The van der Waals surface area contributed by atoms with Gasteiger partial charge in [-0.2, -0.15) is 26.3 Å². The summed E-state index contributed by atoms with van der Waals surface area (Å²) in [6.45, 7) is 2.78. The van der Waals surface area contributed by atoms with Crippen LogP contribution in [0.15, 0.2) is 18.2 Å². The van der Waals surface area contributed by atoms with Gasteiger partial charge in [0.1, 0.15) is 14.2 Å². The van der Waals surface area contributed by atoms with Crippen molar-refractivity contribution in [3.05, 3.63) is 34.9 Å². The molecule has 10 heteroatoms. The number of carbonyl (C=O) groups is 1. The van der Waals surface area contributed by atoms with Crippen molar-refractivity contribution in [2.24, 2.45) is 0 Å². The van der Waals surface area contributed by atoms with E-state index in [4.69, 9.17) is 4.74 Å². The van der Waals surface area contributed by atoms with Crippen LogP contribution in [0.1, 0.15) is 29.7 Å². The highest BCUT2D eigenvalue weighted by atomic mass is 31.1. The van der Waals surface area contributed by atoms with Crippen molar-refractivity contribution in [2.75, 3.05) is 20.3 Å². The number of halogens is 6. The smallest absolute Gasteiger partial charge is 0.367 e. The third-order valence-electron chi connectivity index (χ3n) is 3.94. The van der Waals surface area contributed by atoms with Gasteiger partial charge in [0.25, 0.3) is 5.28 Å². The molecule has 0 aliphatic heterocycles. The molecular formula is C16H19F6NO2P+. The molecule has 0 spiro atoms. The highest BCUT2D eigenvalue weighted by Crippen LogP contribution is 2.38. The van der Waals surface area contributed by atoms with Gasteiger partial charge in [0.15, 0.2) is 6.29 Å². The van der Waals surface area contributed by atoms with Gasteiger partial charge in [-0.05, 0) is 37.7 Å². The van der Waals surface area contributed by atoms with Crippen molar-refractivity contribution < 1.29 is 35.9 Å². The fraction of sp³-hybridized carbons (Fsp3) is 0.500. The van der Waals surface area contributed by atoms with Crippen LogP contribution in [0.4, 0.5) is 26.3 Å². The zero-order valence-corrected chi connectivity index (χ0v) is 15.2. The second-order valence-electron chi connectivity index (χ2n) is 5.78. The molecule has 3 unspecified atom stereocenters. The van der Waals surface area contributed by atoms with Crippen LogP contribution < -0.4 is 5.32 Å². The van der Waals surface area contributed by atoms with E-state index < -0.39 is 42.4 Å². The molecule has 0 heterocycles. The third kappa shape index (κ3) is 5.28. The van der Waals surface area contributed by atoms with E-state index >= 15 is 0 Å². The summed E-state index contributed by atoms with van der Waals surface area (Å²) < 4.78 is 82.9. The molecule has 3 nitrogen and oxygen atoms in total. The van der Waals surface area contributed by atoms with Gasteiger partial charge in [0.05, 0.1) is 30.2 Å². The molecular weight excluding hydrogens is 383 g/mol. The molecule has 0 aliphatic carbocycles. The molecule has 1 rings (SSSR count). The molecule has 0 radical (unpaired) electrons. The fourth-order valence-electron chi connectivity index (χ4n) is 2.12. The minimum Gasteiger partial charge on any atom is -0.367 e. The van der Waals surface area contributed by atoms with Gasteiger partial charge in [-0.25, -0.2) is 0 Å². The van der Waals surface area contributed by atoms with Crippen molar-refractivity contribution in [3.63, 3.8) is 0 Å². The van der Waals surface area contributed by atoms with Crippen LogP contribution in [0.5, 0.6) is 0 Å². The van der Waals surface area contributed by atoms with E-state index in [1.54, 1.807) is 6.66 Å². The minimum absolute atomic E-state index is 0.0563. The van der Waals surface area contributed by atoms with Gasteiger partial charge < -0.3 is 4.74 Å². The van der Waals surface area contributed by atoms with E-state index in [1.807, 2.05) is 0 Å². The zero-order chi connectivity index (χ0) is 20.3. The number of rotatable bonds is 7. The molecule has 3 atom stereocenters. The van der Waals surface area contributed by atoms with Crippen molar-refractivity contribution in [1.82, 2.24) is 5.32 Å². The summed E-state index contributed by atoms with van der Waals surface area (Å²) in [5.41, 5.74) is -3.11. The van der Waals surface area contributed by atoms with Crippen LogP contribution in [-0.4, -0.2) is 38.2 Å². The summed E-state index contributed by atoms with van der Waals surface area (Å²) in [6.07, 6.45) is -6.58. The molecule has 0 saturated carbocycles. The number of benzene rings is 1. The number of alkyl halides is 6. The molecule has 0 fully saturated rings. The highest BCUT2D eigenvalue weighted by molar-refractivity contribution is 7.57. The standard InChI is InChI=1S/C16H19F6NO2P/c1-10(25-9-14(8-24,23-2)26(3)4)11-5-12(15(17,18)19)7-13(6-11)16(20,21)22/h5-8,10,23H,3,9H2,1-2,4H3/q+1. The Labute approximate surface area is 148 Å². The Morgan fingerprint density at radius 2 is 1.62 bits per heavy atom. The first kappa shape index (κ1) is 22.6. The average Bonchev–Trinajstić information content (AvgIpc) is 2.53. The molecule has 0 aromatic heterocycles. The Balaban J connectivity index is 3.21. The molecule has 1 aromatic rings. The molecule has 1 N–H and O–H groups in total. The Morgan fingerprint density at radius 3 is 1.92 bits per heavy atom. The van der Waals surface area contributed by atoms with Gasteiger partial charge in [-0.15, -0.1) is 0 Å². The molecule has 1 aromatic carbocycles. The van der Waals surface area contributed by atoms with Gasteiger partial charge >= 0.3 is 12.4 Å². The summed E-state index contributed by atoms with van der Waals surface area (Å²) in [4.78, 5) is 11.4. The summed E-state index contributed by atoms with van der Waals surface area (Å²) in [6, 6.07) is 1.28. The van der Waals surface area contributed by atoms with Crippen LogP contribution in [0.2, 0.25) is 0 Å². The quantitative estimate of drug-likeness (QED) is 0.416. The fourth-order valence-corrected chi connectivity index (χ4v) is 2.97. The number of carbonyl (C=O) groups excluding carboxylic acids is 1. The first-order valence-electron chi connectivity index (χ1n) is 7.37. The summed E-state index contributed by atoms with van der Waals surface area (Å²) >= 11 is 0. The lowest BCUT2D eigenvalue weighted by atomic mass is 10.0. The van der Waals surface area contributed by atoms with Crippen molar-refractivity contribution in [2.45, 2.75) is 30.7 Å². The molecule has 146 valence electrons. The number of aldehydes is 1. The van der Waals surface area contributed by atoms with Crippen LogP contribution in [0.3, 0.4) is 0 Å². The van der Waals surface area contributed by atoms with E-state index in [-0.39, 0.29) is 18.2 Å². The van der Waals surface area contributed by atoms with Crippen LogP contribution >= 0.6 is 7.55 Å². The minimum atomic E-state index is -4.93. The monoisotopic (exact) mass is 402 g/mol. The number of likely N-dealkylation sites (N-methyl/N-ethyl adjacent to an activating group) is 1. The summed E-state index contributed by atoms with van der Waals surface area (Å²) in [5.74, 6) is 0. The molecule has 26 heavy (non-hydrogen) atoms. The van der Waals surface area contributed by atoms with Crippen LogP contribution in [0, 0.1) is 0 Å². The predicted octanol–water partition coefficient (Wildman–Crippen LogP) is 4.46. The van der Waals surface area contributed by atoms with Crippen molar-refractivity contribution >= 4 is 20.1 Å². The largest absolute Gasteiger partial charge is 0.416 e. The summed E-state index contributed by atoms with van der Waals surface area (Å²) in [7, 11) is 0.387. The van der Waals surface area contributed by atoms with E-state index in [9.17, 15) is 31.1 Å².